The fourth-order valence-corrected chi connectivity index (χ4v) is 0.539. The van der Waals surface area contributed by atoms with Crippen LogP contribution in [-0.4, -0.2) is 18.5 Å². The zero-order valence-corrected chi connectivity index (χ0v) is 9.79. The molecule has 0 aromatic carbocycles. The molecule has 0 rings (SSSR count). The van der Waals surface area contributed by atoms with Gasteiger partial charge in [-0.1, -0.05) is 12.2 Å². The predicted octanol–water partition coefficient (Wildman–Crippen LogP) is 1.56. The van der Waals surface area contributed by atoms with E-state index in [1.165, 1.54) is 6.08 Å². The summed E-state index contributed by atoms with van der Waals surface area (Å²) in [7, 11) is 0. The molecule has 0 atom stereocenters. The van der Waals surface area contributed by atoms with E-state index >= 15 is 0 Å². The van der Waals surface area contributed by atoms with Crippen LogP contribution in [0.2, 0.25) is 0 Å². The molecular weight excluding hydrogens is 194 g/mol. The van der Waals surface area contributed by atoms with E-state index in [9.17, 15) is 9.59 Å². The third-order valence-electron chi connectivity index (χ3n) is 1.05. The number of hydrogen-bond donors (Lipinski definition) is 1. The minimum atomic E-state index is -0.375. The van der Waals surface area contributed by atoms with E-state index < -0.39 is 0 Å². The topological polar surface area (TPSA) is 69.4 Å². The van der Waals surface area contributed by atoms with Gasteiger partial charge in [0, 0.05) is 11.6 Å². The molecule has 0 bridgehead atoms. The van der Waals surface area contributed by atoms with Crippen LogP contribution in [0.5, 0.6) is 0 Å². The average molecular weight is 213 g/mol. The molecule has 0 aromatic heterocycles. The van der Waals surface area contributed by atoms with Crippen LogP contribution in [0.25, 0.3) is 0 Å². The Bertz CT molecular complexity index is 263. The highest BCUT2D eigenvalue weighted by Gasteiger charge is 1.98. The molecule has 15 heavy (non-hydrogen) atoms. The quantitative estimate of drug-likeness (QED) is 0.571. The van der Waals surface area contributed by atoms with Gasteiger partial charge in [0.05, 0.1) is 6.61 Å². The molecule has 4 heteroatoms. The summed E-state index contributed by atoms with van der Waals surface area (Å²) >= 11 is 0. The van der Waals surface area contributed by atoms with Gasteiger partial charge < -0.3 is 10.5 Å². The molecule has 0 fully saturated rings. The first-order valence-electron chi connectivity index (χ1n) is 4.58. The first kappa shape index (κ1) is 15.9. The minimum Gasteiger partial charge on any atom is -0.463 e. The van der Waals surface area contributed by atoms with E-state index in [0.717, 1.165) is 5.57 Å². The van der Waals surface area contributed by atoms with Gasteiger partial charge in [-0.05, 0) is 27.7 Å². The Kier molecular flexibility index (Phi) is 9.52. The maximum atomic E-state index is 10.4. The van der Waals surface area contributed by atoms with Crippen LogP contribution in [0.15, 0.2) is 23.8 Å². The molecular formula is C11H19NO3. The van der Waals surface area contributed by atoms with Gasteiger partial charge in [0.15, 0.2) is 0 Å². The number of allylic oxidation sites excluding steroid dienone is 1. The van der Waals surface area contributed by atoms with Crippen molar-refractivity contribution in [3.63, 3.8) is 0 Å². The molecule has 0 aliphatic carbocycles. The van der Waals surface area contributed by atoms with Crippen molar-refractivity contribution >= 4 is 11.9 Å². The summed E-state index contributed by atoms with van der Waals surface area (Å²) in [6.07, 6.45) is 1.39. The molecule has 0 aliphatic rings. The zero-order chi connectivity index (χ0) is 12.4. The molecule has 86 valence electrons. The van der Waals surface area contributed by atoms with Crippen molar-refractivity contribution < 1.29 is 14.3 Å². The smallest absolute Gasteiger partial charge is 0.333 e. The standard InChI is InChI=1S/C6H10O2.C5H9NO/c1-4-8-6(7)5(2)3;1-4(2)3-5(6)7/h2,4H2,1,3H3;3H,1-2H3,(H2,6,7). The number of carbonyl (C=O) groups excluding carboxylic acids is 2. The Hall–Kier alpha value is -1.58. The lowest BCUT2D eigenvalue weighted by Gasteiger charge is -1.96. The number of esters is 1. The van der Waals surface area contributed by atoms with Crippen LogP contribution in [0.4, 0.5) is 0 Å². The number of carbonyl (C=O) groups is 2. The maximum Gasteiger partial charge on any atom is 0.333 e. The second-order valence-electron chi connectivity index (χ2n) is 3.12. The summed E-state index contributed by atoms with van der Waals surface area (Å²) in [5, 5.41) is 0. The molecule has 0 saturated heterocycles. The Balaban J connectivity index is 0. The zero-order valence-electron chi connectivity index (χ0n) is 9.79. The highest BCUT2D eigenvalue weighted by Crippen LogP contribution is 1.89. The summed E-state index contributed by atoms with van der Waals surface area (Å²) in [6.45, 7) is 10.9. The molecule has 0 aliphatic heterocycles. The number of rotatable bonds is 3. The van der Waals surface area contributed by atoms with Crippen molar-refractivity contribution in [3.05, 3.63) is 23.8 Å². The van der Waals surface area contributed by atoms with Crippen LogP contribution in [0, 0.1) is 0 Å². The second-order valence-corrected chi connectivity index (χ2v) is 3.12. The fourth-order valence-electron chi connectivity index (χ4n) is 0.539. The van der Waals surface area contributed by atoms with E-state index in [2.05, 4.69) is 11.3 Å². The maximum absolute atomic E-state index is 10.4. The third kappa shape index (κ3) is 15.2. The fraction of sp³-hybridized carbons (Fsp3) is 0.455. The van der Waals surface area contributed by atoms with Gasteiger partial charge in [0.2, 0.25) is 5.91 Å². The normalized spacial score (nSPS) is 8.00. The largest absolute Gasteiger partial charge is 0.463 e. The highest BCUT2D eigenvalue weighted by atomic mass is 16.5. The van der Waals surface area contributed by atoms with Crippen molar-refractivity contribution in [2.75, 3.05) is 6.61 Å². The molecule has 0 aromatic rings. The number of ether oxygens (including phenoxy) is 1. The van der Waals surface area contributed by atoms with Crippen molar-refractivity contribution in [1.29, 1.82) is 0 Å². The molecule has 0 heterocycles. The predicted molar refractivity (Wildman–Crippen MR) is 60.1 cm³/mol. The van der Waals surface area contributed by atoms with E-state index in [-0.39, 0.29) is 11.9 Å². The van der Waals surface area contributed by atoms with E-state index in [0.29, 0.717) is 12.2 Å². The lowest BCUT2D eigenvalue weighted by molar-refractivity contribution is -0.138. The summed E-state index contributed by atoms with van der Waals surface area (Å²) < 4.78 is 4.56. The first-order chi connectivity index (χ1) is 6.81. The van der Waals surface area contributed by atoms with Gasteiger partial charge in [-0.25, -0.2) is 4.79 Å². The van der Waals surface area contributed by atoms with E-state index in [1.807, 2.05) is 13.8 Å². The first-order valence-corrected chi connectivity index (χ1v) is 4.58. The summed E-state index contributed by atoms with van der Waals surface area (Å²) in [6, 6.07) is 0. The lowest BCUT2D eigenvalue weighted by Crippen LogP contribution is -2.05. The highest BCUT2D eigenvalue weighted by molar-refractivity contribution is 5.87. The van der Waals surface area contributed by atoms with Crippen LogP contribution in [0.3, 0.4) is 0 Å². The average Bonchev–Trinajstić information content (AvgIpc) is 2.02. The lowest BCUT2D eigenvalue weighted by atomic mass is 10.3. The van der Waals surface area contributed by atoms with Crippen molar-refractivity contribution in [3.8, 4) is 0 Å². The van der Waals surface area contributed by atoms with Gasteiger partial charge in [-0.2, -0.15) is 0 Å². The summed E-state index contributed by atoms with van der Waals surface area (Å²) in [5.41, 5.74) is 6.17. The minimum absolute atomic E-state index is 0.312. The van der Waals surface area contributed by atoms with E-state index in [4.69, 9.17) is 5.73 Å². The van der Waals surface area contributed by atoms with Gasteiger partial charge >= 0.3 is 5.97 Å². The van der Waals surface area contributed by atoms with Crippen molar-refractivity contribution in [2.45, 2.75) is 27.7 Å². The summed E-state index contributed by atoms with van der Waals surface area (Å²) in [5.74, 6) is -0.687. The van der Waals surface area contributed by atoms with Gasteiger partial charge in [-0.3, -0.25) is 4.79 Å². The Morgan fingerprint density at radius 2 is 1.80 bits per heavy atom. The third-order valence-corrected chi connectivity index (χ3v) is 1.05. The summed E-state index contributed by atoms with van der Waals surface area (Å²) in [4.78, 5) is 20.4. The number of nitrogens with two attached hydrogens (primary N) is 1. The van der Waals surface area contributed by atoms with Gasteiger partial charge in [0.25, 0.3) is 0 Å². The van der Waals surface area contributed by atoms with Crippen molar-refractivity contribution in [2.24, 2.45) is 5.73 Å². The number of hydrogen-bond acceptors (Lipinski definition) is 3. The monoisotopic (exact) mass is 213 g/mol. The number of amides is 1. The van der Waals surface area contributed by atoms with E-state index in [1.54, 1.807) is 13.8 Å². The molecule has 2 N–H and O–H groups in total. The molecule has 0 spiro atoms. The Morgan fingerprint density at radius 1 is 1.33 bits per heavy atom. The van der Waals surface area contributed by atoms with Crippen molar-refractivity contribution in [1.82, 2.24) is 0 Å². The molecule has 0 saturated carbocycles. The number of primary amides is 1. The SMILES string of the molecule is C=C(C)C(=O)OCC.CC(C)=CC(N)=O. The molecule has 0 unspecified atom stereocenters. The van der Waals surface area contributed by atoms with Crippen LogP contribution in [-0.2, 0) is 14.3 Å². The van der Waals surface area contributed by atoms with Crippen LogP contribution in [0.1, 0.15) is 27.7 Å². The Morgan fingerprint density at radius 3 is 1.87 bits per heavy atom. The molecule has 1 amide bonds. The Labute approximate surface area is 90.8 Å². The van der Waals surface area contributed by atoms with Gasteiger partial charge in [-0.15, -0.1) is 0 Å². The van der Waals surface area contributed by atoms with Crippen LogP contribution >= 0.6 is 0 Å². The molecule has 0 radical (unpaired) electrons. The second kappa shape index (κ2) is 8.99. The van der Waals surface area contributed by atoms with Crippen LogP contribution < -0.4 is 5.73 Å². The van der Waals surface area contributed by atoms with Gasteiger partial charge in [0.1, 0.15) is 0 Å². The molecule has 4 nitrogen and oxygen atoms in total.